The van der Waals surface area contributed by atoms with Gasteiger partial charge in [0.2, 0.25) is 5.88 Å². The van der Waals surface area contributed by atoms with Crippen LogP contribution in [0.15, 0.2) is 53.7 Å². The van der Waals surface area contributed by atoms with Crippen molar-refractivity contribution in [1.82, 2.24) is 4.98 Å². The highest BCUT2D eigenvalue weighted by molar-refractivity contribution is 5.92. The van der Waals surface area contributed by atoms with Crippen LogP contribution in [0.1, 0.15) is 19.4 Å². The van der Waals surface area contributed by atoms with Gasteiger partial charge < -0.3 is 15.8 Å². The van der Waals surface area contributed by atoms with Gasteiger partial charge in [-0.1, -0.05) is 18.2 Å². The molecule has 5 heteroatoms. The van der Waals surface area contributed by atoms with E-state index in [0.29, 0.717) is 18.4 Å². The van der Waals surface area contributed by atoms with Crippen LogP contribution in [0.5, 0.6) is 5.88 Å². The average molecular weight is 284 g/mol. The molecule has 5 nitrogen and oxygen atoms in total. The van der Waals surface area contributed by atoms with Gasteiger partial charge in [-0.15, -0.1) is 0 Å². The number of hydrogen-bond acceptors (Lipinski definition) is 3. The molecule has 0 aliphatic heterocycles. The molecule has 0 unspecified atom stereocenters. The van der Waals surface area contributed by atoms with E-state index < -0.39 is 0 Å². The first-order valence-electron chi connectivity index (χ1n) is 6.87. The number of guanidine groups is 1. The van der Waals surface area contributed by atoms with E-state index >= 15 is 0 Å². The van der Waals surface area contributed by atoms with E-state index in [2.05, 4.69) is 15.3 Å². The van der Waals surface area contributed by atoms with Crippen LogP contribution in [0.4, 0.5) is 5.69 Å². The number of aliphatic imine (C=N–C) groups is 1. The summed E-state index contributed by atoms with van der Waals surface area (Å²) in [5.41, 5.74) is 7.78. The fraction of sp³-hybridized carbons (Fsp3) is 0.250. The Morgan fingerprint density at radius 1 is 1.29 bits per heavy atom. The molecule has 1 heterocycles. The molecule has 0 aliphatic carbocycles. The summed E-state index contributed by atoms with van der Waals surface area (Å²) in [7, 11) is 0. The smallest absolute Gasteiger partial charge is 0.213 e. The number of pyridine rings is 1. The Bertz CT molecular complexity index is 596. The van der Waals surface area contributed by atoms with Crippen LogP contribution in [0, 0.1) is 0 Å². The highest BCUT2D eigenvalue weighted by Crippen LogP contribution is 2.12. The lowest BCUT2D eigenvalue weighted by atomic mass is 10.2. The molecular formula is C16H20N4O. The molecule has 0 fully saturated rings. The minimum absolute atomic E-state index is 0.0982. The lowest BCUT2D eigenvalue weighted by molar-refractivity contribution is 0.232. The number of benzene rings is 1. The molecule has 2 aromatic rings. The maximum atomic E-state index is 5.86. The number of nitrogens with zero attached hydrogens (tertiary/aromatic N) is 2. The summed E-state index contributed by atoms with van der Waals surface area (Å²) in [5, 5.41) is 3.04. The van der Waals surface area contributed by atoms with Gasteiger partial charge in [0.25, 0.3) is 0 Å². The van der Waals surface area contributed by atoms with E-state index in [1.807, 2.05) is 56.3 Å². The zero-order valence-electron chi connectivity index (χ0n) is 12.3. The Hall–Kier alpha value is -2.56. The number of nitrogens with one attached hydrogen (secondary N) is 1. The van der Waals surface area contributed by atoms with E-state index in [0.717, 1.165) is 11.3 Å². The quantitative estimate of drug-likeness (QED) is 0.654. The van der Waals surface area contributed by atoms with Crippen LogP contribution in [-0.4, -0.2) is 17.0 Å². The van der Waals surface area contributed by atoms with E-state index in [9.17, 15) is 0 Å². The van der Waals surface area contributed by atoms with Crippen molar-refractivity contribution in [3.8, 4) is 5.88 Å². The van der Waals surface area contributed by atoms with Crippen molar-refractivity contribution in [1.29, 1.82) is 0 Å². The number of rotatable bonds is 5. The number of para-hydroxylation sites is 1. The molecule has 0 saturated heterocycles. The van der Waals surface area contributed by atoms with Crippen molar-refractivity contribution in [3.05, 3.63) is 54.2 Å². The van der Waals surface area contributed by atoms with Crippen molar-refractivity contribution in [2.45, 2.75) is 26.5 Å². The third-order valence-electron chi connectivity index (χ3n) is 2.63. The van der Waals surface area contributed by atoms with E-state index in [-0.39, 0.29) is 6.10 Å². The molecule has 0 aliphatic rings. The zero-order valence-corrected chi connectivity index (χ0v) is 12.3. The predicted octanol–water partition coefficient (Wildman–Crippen LogP) is 2.80. The summed E-state index contributed by atoms with van der Waals surface area (Å²) in [4.78, 5) is 8.47. The molecule has 0 amide bonds. The fourth-order valence-corrected chi connectivity index (χ4v) is 1.74. The Balaban J connectivity index is 1.96. The highest BCUT2D eigenvalue weighted by atomic mass is 16.5. The third-order valence-corrected chi connectivity index (χ3v) is 2.63. The second-order valence-electron chi connectivity index (χ2n) is 4.86. The van der Waals surface area contributed by atoms with Gasteiger partial charge in [0.15, 0.2) is 5.96 Å². The first-order chi connectivity index (χ1) is 10.1. The monoisotopic (exact) mass is 284 g/mol. The van der Waals surface area contributed by atoms with Gasteiger partial charge in [-0.25, -0.2) is 9.98 Å². The van der Waals surface area contributed by atoms with Gasteiger partial charge in [-0.2, -0.15) is 0 Å². The van der Waals surface area contributed by atoms with Crippen molar-refractivity contribution in [2.24, 2.45) is 10.7 Å². The lowest BCUT2D eigenvalue weighted by Crippen LogP contribution is -2.22. The first kappa shape index (κ1) is 14.8. The maximum Gasteiger partial charge on any atom is 0.213 e. The van der Waals surface area contributed by atoms with E-state index in [1.165, 1.54) is 0 Å². The molecular weight excluding hydrogens is 264 g/mol. The Kier molecular flexibility index (Phi) is 5.15. The van der Waals surface area contributed by atoms with Crippen LogP contribution in [0.25, 0.3) is 0 Å². The topological polar surface area (TPSA) is 72.5 Å². The van der Waals surface area contributed by atoms with Crippen molar-refractivity contribution in [3.63, 3.8) is 0 Å². The molecule has 21 heavy (non-hydrogen) atoms. The van der Waals surface area contributed by atoms with Crippen LogP contribution in [-0.2, 0) is 6.54 Å². The number of anilines is 1. The highest BCUT2D eigenvalue weighted by Gasteiger charge is 2.01. The normalized spacial score (nSPS) is 11.5. The number of ether oxygens (including phenoxy) is 1. The van der Waals surface area contributed by atoms with Gasteiger partial charge >= 0.3 is 0 Å². The standard InChI is InChI=1S/C16H20N4O/c1-12(2)21-15-10-13(8-9-18-15)11-19-16(17)20-14-6-4-3-5-7-14/h3-10,12H,11H2,1-2H3,(H3,17,19,20). The minimum Gasteiger partial charge on any atom is -0.475 e. The summed E-state index contributed by atoms with van der Waals surface area (Å²) < 4.78 is 5.55. The zero-order chi connectivity index (χ0) is 15.1. The Morgan fingerprint density at radius 3 is 2.76 bits per heavy atom. The summed E-state index contributed by atoms with van der Waals surface area (Å²) in [6, 6.07) is 13.5. The van der Waals surface area contributed by atoms with Gasteiger partial charge in [0.05, 0.1) is 12.6 Å². The summed E-state index contributed by atoms with van der Waals surface area (Å²) in [6.45, 7) is 4.41. The molecule has 0 atom stereocenters. The first-order valence-corrected chi connectivity index (χ1v) is 6.87. The van der Waals surface area contributed by atoms with Crippen molar-refractivity contribution < 1.29 is 4.74 Å². The average Bonchev–Trinajstić information content (AvgIpc) is 2.46. The molecule has 3 N–H and O–H groups in total. The van der Waals surface area contributed by atoms with Gasteiger partial charge in [-0.3, -0.25) is 0 Å². The predicted molar refractivity (Wildman–Crippen MR) is 85.4 cm³/mol. The van der Waals surface area contributed by atoms with Gasteiger partial charge in [0, 0.05) is 18.0 Å². The van der Waals surface area contributed by atoms with Crippen LogP contribution >= 0.6 is 0 Å². The maximum absolute atomic E-state index is 5.86. The second-order valence-corrected chi connectivity index (χ2v) is 4.86. The summed E-state index contributed by atoms with van der Waals surface area (Å²) in [6.07, 6.45) is 1.81. The molecule has 0 saturated carbocycles. The SMILES string of the molecule is CC(C)Oc1cc(CN=C(N)Nc2ccccc2)ccn1. The van der Waals surface area contributed by atoms with E-state index in [4.69, 9.17) is 10.5 Å². The number of aromatic nitrogens is 1. The molecule has 1 aromatic heterocycles. The molecule has 0 radical (unpaired) electrons. The Labute approximate surface area is 124 Å². The number of nitrogens with two attached hydrogens (primary N) is 1. The van der Waals surface area contributed by atoms with Crippen LogP contribution in [0.2, 0.25) is 0 Å². The van der Waals surface area contributed by atoms with Crippen LogP contribution < -0.4 is 15.8 Å². The van der Waals surface area contributed by atoms with E-state index in [1.54, 1.807) is 6.20 Å². The Morgan fingerprint density at radius 2 is 2.05 bits per heavy atom. The molecule has 0 spiro atoms. The lowest BCUT2D eigenvalue weighted by Gasteiger charge is -2.09. The minimum atomic E-state index is 0.0982. The fourth-order valence-electron chi connectivity index (χ4n) is 1.74. The molecule has 0 bridgehead atoms. The summed E-state index contributed by atoms with van der Waals surface area (Å²) >= 11 is 0. The molecule has 1 aromatic carbocycles. The molecule has 110 valence electrons. The number of hydrogen-bond donors (Lipinski definition) is 2. The van der Waals surface area contributed by atoms with Gasteiger partial charge in [0.1, 0.15) is 0 Å². The molecule has 2 rings (SSSR count). The van der Waals surface area contributed by atoms with Crippen molar-refractivity contribution in [2.75, 3.05) is 5.32 Å². The van der Waals surface area contributed by atoms with Crippen molar-refractivity contribution >= 4 is 11.6 Å². The van der Waals surface area contributed by atoms with Crippen LogP contribution in [0.3, 0.4) is 0 Å². The largest absolute Gasteiger partial charge is 0.475 e. The second kappa shape index (κ2) is 7.28. The summed E-state index contributed by atoms with van der Waals surface area (Å²) in [5.74, 6) is 0.983. The third kappa shape index (κ3) is 5.14. The van der Waals surface area contributed by atoms with Gasteiger partial charge in [-0.05, 0) is 37.6 Å².